The van der Waals surface area contributed by atoms with Crippen molar-refractivity contribution in [3.63, 3.8) is 0 Å². The van der Waals surface area contributed by atoms with E-state index in [1.54, 1.807) is 11.7 Å². The van der Waals surface area contributed by atoms with Gasteiger partial charge in [0, 0.05) is 38.3 Å². The van der Waals surface area contributed by atoms with Crippen molar-refractivity contribution in [2.24, 2.45) is 0 Å². The lowest BCUT2D eigenvalue weighted by Crippen LogP contribution is -2.31. The Kier molecular flexibility index (Phi) is 4.87. The first kappa shape index (κ1) is 17.6. The first-order chi connectivity index (χ1) is 11.9. The van der Waals surface area contributed by atoms with Gasteiger partial charge in [0.2, 0.25) is 0 Å². The summed E-state index contributed by atoms with van der Waals surface area (Å²) in [5.74, 6) is -0.0877. The van der Waals surface area contributed by atoms with E-state index in [-0.39, 0.29) is 11.9 Å². The Morgan fingerprint density at radius 3 is 2.68 bits per heavy atom. The molecule has 1 atom stereocenters. The molecule has 1 aromatic heterocycles. The van der Waals surface area contributed by atoms with Crippen LogP contribution in [0.4, 0.5) is 0 Å². The molecule has 7 heteroatoms. The maximum Gasteiger partial charge on any atom is 0.251 e. The maximum absolute atomic E-state index is 11.6. The van der Waals surface area contributed by atoms with Crippen molar-refractivity contribution in [3.05, 3.63) is 47.3 Å². The standard InChI is InChI=1S/C18H25N5O2/c1-13(2)23-11-16(20-21-23)18(25)8-9-22(12-18)10-14-4-6-15(7-5-14)17(24)19-3/h4-7,11,13,25H,8-10,12H2,1-3H3,(H,19,24). The number of aromatic nitrogens is 3. The van der Waals surface area contributed by atoms with Crippen molar-refractivity contribution in [3.8, 4) is 0 Å². The third-order valence-electron chi connectivity index (χ3n) is 4.69. The van der Waals surface area contributed by atoms with Crippen LogP contribution in [0.15, 0.2) is 30.5 Å². The summed E-state index contributed by atoms with van der Waals surface area (Å²) in [4.78, 5) is 13.8. The molecule has 0 radical (unpaired) electrons. The van der Waals surface area contributed by atoms with Crippen LogP contribution < -0.4 is 5.32 Å². The summed E-state index contributed by atoms with van der Waals surface area (Å²) >= 11 is 0. The summed E-state index contributed by atoms with van der Waals surface area (Å²) in [6.45, 7) is 6.12. The molecule has 134 valence electrons. The number of rotatable bonds is 5. The molecule has 0 saturated carbocycles. The fourth-order valence-electron chi connectivity index (χ4n) is 3.12. The van der Waals surface area contributed by atoms with Crippen LogP contribution in [-0.2, 0) is 12.1 Å². The smallest absolute Gasteiger partial charge is 0.251 e. The van der Waals surface area contributed by atoms with Crippen molar-refractivity contribution in [2.75, 3.05) is 20.1 Å². The van der Waals surface area contributed by atoms with Crippen LogP contribution in [0.25, 0.3) is 0 Å². The molecule has 3 rings (SSSR count). The fraction of sp³-hybridized carbons (Fsp3) is 0.500. The lowest BCUT2D eigenvalue weighted by atomic mass is 10.00. The van der Waals surface area contributed by atoms with E-state index in [0.29, 0.717) is 24.2 Å². The number of aliphatic hydroxyl groups is 1. The van der Waals surface area contributed by atoms with Gasteiger partial charge >= 0.3 is 0 Å². The molecule has 2 heterocycles. The number of amides is 1. The molecule has 7 nitrogen and oxygen atoms in total. The summed E-state index contributed by atoms with van der Waals surface area (Å²) in [5, 5.41) is 21.8. The second-order valence-electron chi connectivity index (χ2n) is 6.95. The molecule has 0 aliphatic carbocycles. The van der Waals surface area contributed by atoms with E-state index in [4.69, 9.17) is 0 Å². The van der Waals surface area contributed by atoms with Crippen LogP contribution in [0.2, 0.25) is 0 Å². The van der Waals surface area contributed by atoms with Gasteiger partial charge in [-0.25, -0.2) is 4.68 Å². The number of nitrogens with zero attached hydrogens (tertiary/aromatic N) is 4. The molecule has 25 heavy (non-hydrogen) atoms. The van der Waals surface area contributed by atoms with Crippen LogP contribution in [-0.4, -0.2) is 51.0 Å². The number of benzene rings is 1. The van der Waals surface area contributed by atoms with Crippen LogP contribution in [0, 0.1) is 0 Å². The van der Waals surface area contributed by atoms with E-state index >= 15 is 0 Å². The number of hydrogen-bond acceptors (Lipinski definition) is 5. The van der Waals surface area contributed by atoms with Crippen molar-refractivity contribution in [1.29, 1.82) is 0 Å². The van der Waals surface area contributed by atoms with Crippen molar-refractivity contribution >= 4 is 5.91 Å². The Morgan fingerprint density at radius 1 is 1.36 bits per heavy atom. The molecule has 1 aliphatic heterocycles. The summed E-state index contributed by atoms with van der Waals surface area (Å²) in [5.41, 5.74) is 1.45. The Balaban J connectivity index is 1.65. The molecule has 0 bridgehead atoms. The minimum absolute atomic E-state index is 0.0877. The van der Waals surface area contributed by atoms with Crippen molar-refractivity contribution in [2.45, 2.75) is 38.5 Å². The first-order valence-electron chi connectivity index (χ1n) is 8.59. The molecule has 1 amide bonds. The quantitative estimate of drug-likeness (QED) is 0.855. The third kappa shape index (κ3) is 3.72. The largest absolute Gasteiger partial charge is 0.382 e. The molecule has 1 fully saturated rings. The molecule has 1 aromatic carbocycles. The summed E-state index contributed by atoms with van der Waals surface area (Å²) in [7, 11) is 1.62. The summed E-state index contributed by atoms with van der Waals surface area (Å²) in [6.07, 6.45) is 2.48. The Bertz CT molecular complexity index is 740. The number of nitrogens with one attached hydrogen (secondary N) is 1. The van der Waals surface area contributed by atoms with Gasteiger partial charge in [-0.1, -0.05) is 17.3 Å². The third-order valence-corrected chi connectivity index (χ3v) is 4.69. The van der Waals surface area contributed by atoms with Gasteiger partial charge in [-0.2, -0.15) is 0 Å². The first-order valence-corrected chi connectivity index (χ1v) is 8.59. The monoisotopic (exact) mass is 343 g/mol. The number of likely N-dealkylation sites (tertiary alicyclic amines) is 1. The minimum atomic E-state index is -0.949. The van der Waals surface area contributed by atoms with Gasteiger partial charge in [0.15, 0.2) is 0 Å². The predicted molar refractivity (Wildman–Crippen MR) is 94.0 cm³/mol. The zero-order valence-corrected chi connectivity index (χ0v) is 14.9. The second-order valence-corrected chi connectivity index (χ2v) is 6.95. The highest BCUT2D eigenvalue weighted by Crippen LogP contribution is 2.31. The molecular formula is C18H25N5O2. The van der Waals surface area contributed by atoms with E-state index in [2.05, 4.69) is 20.5 Å². The van der Waals surface area contributed by atoms with Crippen molar-refractivity contribution in [1.82, 2.24) is 25.2 Å². The Labute approximate surface area is 147 Å². The average Bonchev–Trinajstić information content (AvgIpc) is 3.23. The fourth-order valence-corrected chi connectivity index (χ4v) is 3.12. The van der Waals surface area contributed by atoms with Gasteiger partial charge in [-0.05, 0) is 38.0 Å². The molecular weight excluding hydrogens is 318 g/mol. The van der Waals surface area contributed by atoms with E-state index in [1.165, 1.54) is 0 Å². The zero-order valence-electron chi connectivity index (χ0n) is 14.9. The predicted octanol–water partition coefficient (Wildman–Crippen LogP) is 1.31. The summed E-state index contributed by atoms with van der Waals surface area (Å²) in [6, 6.07) is 7.78. The highest BCUT2D eigenvalue weighted by molar-refractivity contribution is 5.93. The highest BCUT2D eigenvalue weighted by Gasteiger charge is 2.40. The van der Waals surface area contributed by atoms with E-state index < -0.39 is 5.60 Å². The topological polar surface area (TPSA) is 83.3 Å². The maximum atomic E-state index is 11.6. The van der Waals surface area contributed by atoms with Gasteiger partial charge in [-0.3, -0.25) is 9.69 Å². The Morgan fingerprint density at radius 2 is 2.08 bits per heavy atom. The van der Waals surface area contributed by atoms with Crippen LogP contribution in [0.3, 0.4) is 0 Å². The van der Waals surface area contributed by atoms with E-state index in [0.717, 1.165) is 18.7 Å². The number of hydrogen-bond donors (Lipinski definition) is 2. The molecule has 0 spiro atoms. The van der Waals surface area contributed by atoms with Crippen LogP contribution >= 0.6 is 0 Å². The van der Waals surface area contributed by atoms with Crippen molar-refractivity contribution < 1.29 is 9.90 Å². The van der Waals surface area contributed by atoms with Crippen LogP contribution in [0.5, 0.6) is 0 Å². The SMILES string of the molecule is CNC(=O)c1ccc(CN2CCC(O)(c3cn(C(C)C)nn3)C2)cc1. The lowest BCUT2D eigenvalue weighted by molar-refractivity contribution is 0.0408. The molecule has 1 unspecified atom stereocenters. The normalized spacial score (nSPS) is 21.0. The van der Waals surface area contributed by atoms with Gasteiger partial charge in [0.05, 0.1) is 6.20 Å². The second kappa shape index (κ2) is 6.93. The van der Waals surface area contributed by atoms with Crippen LogP contribution in [0.1, 0.15) is 47.9 Å². The van der Waals surface area contributed by atoms with E-state index in [9.17, 15) is 9.90 Å². The number of carbonyl (C=O) groups excluding carboxylic acids is 1. The average molecular weight is 343 g/mol. The molecule has 1 aliphatic rings. The van der Waals surface area contributed by atoms with Gasteiger partial charge in [0.25, 0.3) is 5.91 Å². The van der Waals surface area contributed by atoms with Gasteiger partial charge < -0.3 is 10.4 Å². The van der Waals surface area contributed by atoms with Gasteiger partial charge in [-0.15, -0.1) is 5.10 Å². The molecule has 1 saturated heterocycles. The lowest BCUT2D eigenvalue weighted by Gasteiger charge is -2.21. The number of carbonyl (C=O) groups is 1. The Hall–Kier alpha value is -2.25. The zero-order chi connectivity index (χ0) is 18.0. The highest BCUT2D eigenvalue weighted by atomic mass is 16.3. The van der Waals surface area contributed by atoms with E-state index in [1.807, 2.05) is 44.3 Å². The number of β-amino-alcohol motifs (C(OH)–C–C–N with tert-alkyl or cyclic N) is 1. The molecule has 2 aromatic rings. The van der Waals surface area contributed by atoms with Gasteiger partial charge in [0.1, 0.15) is 11.3 Å². The minimum Gasteiger partial charge on any atom is -0.382 e. The molecule has 2 N–H and O–H groups in total. The summed E-state index contributed by atoms with van der Waals surface area (Å²) < 4.78 is 1.77.